The van der Waals surface area contributed by atoms with Crippen LogP contribution >= 0.6 is 0 Å². The van der Waals surface area contributed by atoms with Gasteiger partial charge < -0.3 is 15.2 Å². The number of rotatable bonds is 10. The maximum atomic E-state index is 12.7. The highest BCUT2D eigenvalue weighted by Crippen LogP contribution is 2.23. The lowest BCUT2D eigenvalue weighted by Crippen LogP contribution is -2.54. The highest BCUT2D eigenvalue weighted by molar-refractivity contribution is 5.81. The van der Waals surface area contributed by atoms with E-state index in [-0.39, 0.29) is 19.2 Å². The van der Waals surface area contributed by atoms with Gasteiger partial charge in [-0.05, 0) is 37.3 Å². The van der Waals surface area contributed by atoms with E-state index < -0.39 is 5.54 Å². The third kappa shape index (κ3) is 5.78. The molecule has 124 valence electrons. The first-order valence-corrected chi connectivity index (χ1v) is 8.11. The van der Waals surface area contributed by atoms with E-state index in [0.717, 1.165) is 18.5 Å². The van der Waals surface area contributed by atoms with Gasteiger partial charge in [0.15, 0.2) is 0 Å². The molecule has 4 nitrogen and oxygen atoms in total. The predicted molar refractivity (Wildman–Crippen MR) is 88.4 cm³/mol. The molecule has 0 aliphatic heterocycles. The van der Waals surface area contributed by atoms with Crippen molar-refractivity contribution in [2.45, 2.75) is 52.2 Å². The first-order chi connectivity index (χ1) is 10.5. The molecule has 0 unspecified atom stereocenters. The minimum atomic E-state index is -0.798. The van der Waals surface area contributed by atoms with Gasteiger partial charge in [0.25, 0.3) is 0 Å². The summed E-state index contributed by atoms with van der Waals surface area (Å²) in [4.78, 5) is 12.7. The van der Waals surface area contributed by atoms with E-state index in [2.05, 4.69) is 26.1 Å². The summed E-state index contributed by atoms with van der Waals surface area (Å²) < 4.78 is 5.53. The molecule has 2 N–H and O–H groups in total. The SMILES string of the molecule is CCCN[C@](CCO)(CC(C)C)C(=O)OCc1ccccc1. The van der Waals surface area contributed by atoms with Crippen LogP contribution in [0.15, 0.2) is 30.3 Å². The maximum Gasteiger partial charge on any atom is 0.326 e. The van der Waals surface area contributed by atoms with Crippen molar-refractivity contribution in [2.24, 2.45) is 5.92 Å². The second-order valence-electron chi connectivity index (χ2n) is 6.14. The van der Waals surface area contributed by atoms with Crippen molar-refractivity contribution < 1.29 is 14.6 Å². The number of carbonyl (C=O) groups excluding carboxylic acids is 1. The molecule has 0 aromatic heterocycles. The Bertz CT molecular complexity index is 433. The lowest BCUT2D eigenvalue weighted by Gasteiger charge is -2.33. The van der Waals surface area contributed by atoms with Gasteiger partial charge in [0.2, 0.25) is 0 Å². The molecule has 0 aliphatic carbocycles. The highest BCUT2D eigenvalue weighted by atomic mass is 16.5. The number of aliphatic hydroxyl groups is 1. The normalized spacial score (nSPS) is 13.9. The molecule has 22 heavy (non-hydrogen) atoms. The van der Waals surface area contributed by atoms with E-state index in [1.165, 1.54) is 0 Å². The molecule has 1 aromatic rings. The summed E-state index contributed by atoms with van der Waals surface area (Å²) in [6, 6.07) is 9.65. The topological polar surface area (TPSA) is 58.6 Å². The molecule has 0 bridgehead atoms. The number of hydrogen-bond acceptors (Lipinski definition) is 4. The van der Waals surface area contributed by atoms with Crippen molar-refractivity contribution in [2.75, 3.05) is 13.2 Å². The van der Waals surface area contributed by atoms with Crippen LogP contribution in [-0.2, 0) is 16.1 Å². The van der Waals surface area contributed by atoms with Gasteiger partial charge >= 0.3 is 5.97 Å². The van der Waals surface area contributed by atoms with E-state index >= 15 is 0 Å². The number of hydrogen-bond donors (Lipinski definition) is 2. The molecule has 1 aromatic carbocycles. The van der Waals surface area contributed by atoms with Gasteiger partial charge in [-0.3, -0.25) is 4.79 Å². The second kappa shape index (κ2) is 9.59. The lowest BCUT2D eigenvalue weighted by atomic mass is 9.85. The Hall–Kier alpha value is -1.39. The van der Waals surface area contributed by atoms with Crippen LogP contribution in [0.2, 0.25) is 0 Å². The molecular weight excluding hydrogens is 278 g/mol. The Kier molecular flexibility index (Phi) is 8.13. The summed E-state index contributed by atoms with van der Waals surface area (Å²) in [7, 11) is 0. The molecule has 0 saturated heterocycles. The van der Waals surface area contributed by atoms with Gasteiger partial charge in [0, 0.05) is 6.61 Å². The standard InChI is InChI=1S/C18H29NO3/c1-4-11-19-18(10-12-20,13-15(2)3)17(21)22-14-16-8-6-5-7-9-16/h5-9,15,19-20H,4,10-14H2,1-3H3/t18-/m1/s1. The molecule has 0 fully saturated rings. The average Bonchev–Trinajstić information content (AvgIpc) is 2.51. The molecule has 0 amide bonds. The summed E-state index contributed by atoms with van der Waals surface area (Å²) in [5.74, 6) is 0.0627. The number of benzene rings is 1. The molecule has 1 rings (SSSR count). The molecule has 0 aliphatic rings. The Morgan fingerprint density at radius 2 is 2.00 bits per heavy atom. The summed E-state index contributed by atoms with van der Waals surface area (Å²) >= 11 is 0. The Morgan fingerprint density at radius 1 is 1.32 bits per heavy atom. The Labute approximate surface area is 133 Å². The van der Waals surface area contributed by atoms with Crippen LogP contribution in [0.4, 0.5) is 0 Å². The van der Waals surface area contributed by atoms with E-state index in [9.17, 15) is 9.90 Å². The van der Waals surface area contributed by atoms with Crippen LogP contribution in [-0.4, -0.2) is 29.8 Å². The van der Waals surface area contributed by atoms with Gasteiger partial charge in [-0.15, -0.1) is 0 Å². The molecule has 1 atom stereocenters. The number of ether oxygens (including phenoxy) is 1. The molecule has 0 saturated carbocycles. The van der Waals surface area contributed by atoms with Gasteiger partial charge in [-0.2, -0.15) is 0 Å². The van der Waals surface area contributed by atoms with Crippen LogP contribution in [0.25, 0.3) is 0 Å². The quantitative estimate of drug-likeness (QED) is 0.653. The van der Waals surface area contributed by atoms with Crippen molar-refractivity contribution in [1.82, 2.24) is 5.32 Å². The van der Waals surface area contributed by atoms with E-state index in [0.29, 0.717) is 18.8 Å². The predicted octanol–water partition coefficient (Wildman–Crippen LogP) is 2.90. The molecular formula is C18H29NO3. The zero-order valence-electron chi connectivity index (χ0n) is 14.0. The van der Waals surface area contributed by atoms with Crippen molar-refractivity contribution in [3.63, 3.8) is 0 Å². The third-order valence-electron chi connectivity index (χ3n) is 3.61. The first kappa shape index (κ1) is 18.7. The third-order valence-corrected chi connectivity index (χ3v) is 3.61. The Balaban J connectivity index is 2.79. The fourth-order valence-corrected chi connectivity index (χ4v) is 2.63. The van der Waals surface area contributed by atoms with Gasteiger partial charge in [-0.1, -0.05) is 51.1 Å². The molecule has 0 spiro atoms. The summed E-state index contributed by atoms with van der Waals surface area (Å²) in [5, 5.41) is 12.7. The number of aliphatic hydroxyl groups excluding tert-OH is 1. The fraction of sp³-hybridized carbons (Fsp3) is 0.611. The van der Waals surface area contributed by atoms with Crippen LogP contribution in [0.3, 0.4) is 0 Å². The summed E-state index contributed by atoms with van der Waals surface area (Å²) in [6.45, 7) is 7.16. The van der Waals surface area contributed by atoms with Crippen molar-refractivity contribution in [1.29, 1.82) is 0 Å². The molecule has 0 heterocycles. The largest absolute Gasteiger partial charge is 0.459 e. The van der Waals surface area contributed by atoms with Crippen molar-refractivity contribution in [3.05, 3.63) is 35.9 Å². The summed E-state index contributed by atoms with van der Waals surface area (Å²) in [6.07, 6.45) is 1.96. The monoisotopic (exact) mass is 307 g/mol. The van der Waals surface area contributed by atoms with Crippen LogP contribution in [0, 0.1) is 5.92 Å². The van der Waals surface area contributed by atoms with E-state index in [1.54, 1.807) is 0 Å². The smallest absolute Gasteiger partial charge is 0.326 e. The lowest BCUT2D eigenvalue weighted by molar-refractivity contribution is -0.155. The zero-order valence-corrected chi connectivity index (χ0v) is 14.0. The second-order valence-corrected chi connectivity index (χ2v) is 6.14. The fourth-order valence-electron chi connectivity index (χ4n) is 2.63. The number of carbonyl (C=O) groups is 1. The Morgan fingerprint density at radius 3 is 2.55 bits per heavy atom. The maximum absolute atomic E-state index is 12.7. The average molecular weight is 307 g/mol. The minimum absolute atomic E-state index is 0.0378. The van der Waals surface area contributed by atoms with Crippen LogP contribution < -0.4 is 5.32 Å². The van der Waals surface area contributed by atoms with Crippen molar-refractivity contribution >= 4 is 5.97 Å². The number of esters is 1. The van der Waals surface area contributed by atoms with Crippen LogP contribution in [0.1, 0.15) is 45.6 Å². The highest BCUT2D eigenvalue weighted by Gasteiger charge is 2.39. The zero-order chi connectivity index (χ0) is 16.4. The molecule has 0 radical (unpaired) electrons. The van der Waals surface area contributed by atoms with Gasteiger partial charge in [0.1, 0.15) is 12.1 Å². The van der Waals surface area contributed by atoms with Crippen LogP contribution in [0.5, 0.6) is 0 Å². The van der Waals surface area contributed by atoms with E-state index in [1.807, 2.05) is 30.3 Å². The summed E-state index contributed by atoms with van der Waals surface area (Å²) in [5.41, 5.74) is 0.169. The van der Waals surface area contributed by atoms with Gasteiger partial charge in [0.05, 0.1) is 0 Å². The molecule has 4 heteroatoms. The first-order valence-electron chi connectivity index (χ1n) is 8.11. The van der Waals surface area contributed by atoms with E-state index in [4.69, 9.17) is 4.74 Å². The van der Waals surface area contributed by atoms with Crippen molar-refractivity contribution in [3.8, 4) is 0 Å². The van der Waals surface area contributed by atoms with Gasteiger partial charge in [-0.25, -0.2) is 0 Å². The minimum Gasteiger partial charge on any atom is -0.459 e. The number of nitrogens with one attached hydrogen (secondary N) is 1.